The van der Waals surface area contributed by atoms with Gasteiger partial charge in [0, 0.05) is 33.1 Å². The van der Waals surface area contributed by atoms with Crippen molar-refractivity contribution >= 4 is 28.4 Å². The normalized spacial score (nSPS) is 16.1. The van der Waals surface area contributed by atoms with E-state index in [0.717, 1.165) is 11.4 Å². The molecule has 104 valence electrons. The van der Waals surface area contributed by atoms with Gasteiger partial charge in [-0.2, -0.15) is 0 Å². The topological polar surface area (TPSA) is 78.4 Å². The molecule has 1 aliphatic rings. The quantitative estimate of drug-likeness (QED) is 0.831. The minimum Gasteiger partial charge on any atom is -0.341 e. The predicted molar refractivity (Wildman–Crippen MR) is 72.1 cm³/mol. The van der Waals surface area contributed by atoms with Gasteiger partial charge < -0.3 is 9.80 Å². The van der Waals surface area contributed by atoms with E-state index in [1.807, 2.05) is 6.92 Å². The molecule has 0 radical (unpaired) electrons. The second kappa shape index (κ2) is 5.96. The Balaban J connectivity index is 1.91. The van der Waals surface area contributed by atoms with E-state index in [0.29, 0.717) is 31.3 Å². The zero-order valence-corrected chi connectivity index (χ0v) is 11.9. The van der Waals surface area contributed by atoms with Crippen molar-refractivity contribution in [2.24, 2.45) is 0 Å². The molecule has 0 aliphatic carbocycles. The number of carbonyl (C=O) groups excluding carboxylic acids is 2. The molecule has 1 saturated heterocycles. The van der Waals surface area contributed by atoms with Gasteiger partial charge in [0.05, 0.1) is 0 Å². The number of aromatic nitrogens is 2. The molecule has 0 unspecified atom stereocenters. The van der Waals surface area contributed by atoms with E-state index < -0.39 is 0 Å². The molecule has 1 N–H and O–H groups in total. The Bertz CT molecular complexity index is 475. The van der Waals surface area contributed by atoms with Crippen molar-refractivity contribution in [3.63, 3.8) is 0 Å². The zero-order valence-electron chi connectivity index (χ0n) is 11.0. The average Bonchev–Trinajstić information content (AvgIpc) is 2.65. The lowest BCUT2D eigenvalue weighted by Gasteiger charge is -2.21. The molecule has 1 aliphatic heterocycles. The van der Waals surface area contributed by atoms with Gasteiger partial charge in [-0.25, -0.2) is 4.79 Å². The fourth-order valence-corrected chi connectivity index (χ4v) is 2.53. The SMILES string of the molecule is CC(=O)N1CCCN(C(=O)Nc2nnc(C)s2)CC1. The predicted octanol–water partition coefficient (Wildman–Crippen LogP) is 0.933. The van der Waals surface area contributed by atoms with Gasteiger partial charge in [-0.15, -0.1) is 10.2 Å². The maximum absolute atomic E-state index is 12.1. The van der Waals surface area contributed by atoms with Crippen LogP contribution in [0.3, 0.4) is 0 Å². The van der Waals surface area contributed by atoms with E-state index in [4.69, 9.17) is 0 Å². The lowest BCUT2D eigenvalue weighted by molar-refractivity contribution is -0.128. The maximum Gasteiger partial charge on any atom is 0.323 e. The summed E-state index contributed by atoms with van der Waals surface area (Å²) in [6, 6.07) is -0.179. The van der Waals surface area contributed by atoms with Gasteiger partial charge in [-0.1, -0.05) is 11.3 Å². The molecule has 2 heterocycles. The Kier molecular flexibility index (Phi) is 4.31. The van der Waals surface area contributed by atoms with Crippen molar-refractivity contribution in [3.05, 3.63) is 5.01 Å². The monoisotopic (exact) mass is 283 g/mol. The largest absolute Gasteiger partial charge is 0.341 e. The highest BCUT2D eigenvalue weighted by molar-refractivity contribution is 7.15. The van der Waals surface area contributed by atoms with E-state index in [9.17, 15) is 9.59 Å². The molecule has 0 spiro atoms. The summed E-state index contributed by atoms with van der Waals surface area (Å²) in [7, 11) is 0. The van der Waals surface area contributed by atoms with E-state index in [1.54, 1.807) is 16.7 Å². The molecule has 1 fully saturated rings. The summed E-state index contributed by atoms with van der Waals surface area (Å²) < 4.78 is 0. The molecule has 1 aromatic heterocycles. The van der Waals surface area contributed by atoms with Crippen molar-refractivity contribution < 1.29 is 9.59 Å². The minimum absolute atomic E-state index is 0.0574. The molecule has 19 heavy (non-hydrogen) atoms. The third-order valence-corrected chi connectivity index (χ3v) is 3.72. The smallest absolute Gasteiger partial charge is 0.323 e. The van der Waals surface area contributed by atoms with Crippen LogP contribution < -0.4 is 5.32 Å². The van der Waals surface area contributed by atoms with E-state index >= 15 is 0 Å². The summed E-state index contributed by atoms with van der Waals surface area (Å²) >= 11 is 1.35. The van der Waals surface area contributed by atoms with Crippen LogP contribution in [-0.2, 0) is 4.79 Å². The summed E-state index contributed by atoms with van der Waals surface area (Å²) in [5, 5.41) is 11.8. The first-order valence-electron chi connectivity index (χ1n) is 6.18. The number of carbonyl (C=O) groups is 2. The molecule has 0 bridgehead atoms. The molecule has 1 aromatic rings. The van der Waals surface area contributed by atoms with Crippen LogP contribution in [0.5, 0.6) is 0 Å². The first kappa shape index (κ1) is 13.7. The number of amides is 3. The molecule has 0 aromatic carbocycles. The molecular weight excluding hydrogens is 266 g/mol. The molecule has 0 atom stereocenters. The van der Waals surface area contributed by atoms with Gasteiger partial charge in [0.1, 0.15) is 5.01 Å². The second-order valence-corrected chi connectivity index (χ2v) is 5.58. The number of anilines is 1. The lowest BCUT2D eigenvalue weighted by atomic mass is 10.4. The first-order chi connectivity index (χ1) is 9.06. The minimum atomic E-state index is -0.179. The fraction of sp³-hybridized carbons (Fsp3) is 0.636. The number of hydrogen-bond acceptors (Lipinski definition) is 5. The fourth-order valence-electron chi connectivity index (χ4n) is 1.95. The van der Waals surface area contributed by atoms with Crippen molar-refractivity contribution in [3.8, 4) is 0 Å². The Labute approximate surface area is 115 Å². The molecule has 8 heteroatoms. The summed E-state index contributed by atoms with van der Waals surface area (Å²) in [5.41, 5.74) is 0. The van der Waals surface area contributed by atoms with Gasteiger partial charge in [-0.3, -0.25) is 10.1 Å². The number of nitrogens with zero attached hydrogens (tertiary/aromatic N) is 4. The van der Waals surface area contributed by atoms with Crippen LogP contribution >= 0.6 is 11.3 Å². The summed E-state index contributed by atoms with van der Waals surface area (Å²) in [4.78, 5) is 26.8. The third kappa shape index (κ3) is 3.63. The van der Waals surface area contributed by atoms with Crippen LogP contribution in [0.15, 0.2) is 0 Å². The molecular formula is C11H17N5O2S. The standard InChI is InChI=1S/C11H17N5O2S/c1-8-13-14-10(19-8)12-11(18)16-5-3-4-15(6-7-16)9(2)17/h3-7H2,1-2H3,(H,12,14,18). The van der Waals surface area contributed by atoms with E-state index in [2.05, 4.69) is 15.5 Å². The molecule has 2 rings (SSSR count). The third-order valence-electron chi connectivity index (χ3n) is 2.97. The highest BCUT2D eigenvalue weighted by Crippen LogP contribution is 2.14. The summed E-state index contributed by atoms with van der Waals surface area (Å²) in [6.07, 6.45) is 0.794. The Morgan fingerprint density at radius 1 is 1.16 bits per heavy atom. The second-order valence-electron chi connectivity index (χ2n) is 4.40. The Hall–Kier alpha value is -1.70. The van der Waals surface area contributed by atoms with Crippen molar-refractivity contribution in [2.75, 3.05) is 31.5 Å². The van der Waals surface area contributed by atoms with E-state index in [1.165, 1.54) is 11.3 Å². The highest BCUT2D eigenvalue weighted by atomic mass is 32.1. The number of hydrogen-bond donors (Lipinski definition) is 1. The van der Waals surface area contributed by atoms with Gasteiger partial charge >= 0.3 is 6.03 Å². The molecule has 7 nitrogen and oxygen atoms in total. The number of rotatable bonds is 1. The van der Waals surface area contributed by atoms with Gasteiger partial charge in [0.25, 0.3) is 0 Å². The van der Waals surface area contributed by atoms with Gasteiger partial charge in [0.2, 0.25) is 11.0 Å². The highest BCUT2D eigenvalue weighted by Gasteiger charge is 2.20. The maximum atomic E-state index is 12.1. The number of nitrogens with one attached hydrogen (secondary N) is 1. The van der Waals surface area contributed by atoms with Crippen molar-refractivity contribution in [2.45, 2.75) is 20.3 Å². The van der Waals surface area contributed by atoms with Crippen molar-refractivity contribution in [1.82, 2.24) is 20.0 Å². The van der Waals surface area contributed by atoms with Gasteiger partial charge in [0.15, 0.2) is 0 Å². The summed E-state index contributed by atoms with van der Waals surface area (Å²) in [5.74, 6) is 0.0574. The van der Waals surface area contributed by atoms with Crippen molar-refractivity contribution in [1.29, 1.82) is 0 Å². The van der Waals surface area contributed by atoms with E-state index in [-0.39, 0.29) is 11.9 Å². The summed E-state index contributed by atoms with van der Waals surface area (Å²) in [6.45, 7) is 5.87. The van der Waals surface area contributed by atoms with Crippen LogP contribution in [0.1, 0.15) is 18.4 Å². The van der Waals surface area contributed by atoms with Crippen LogP contribution in [0.2, 0.25) is 0 Å². The number of urea groups is 1. The van der Waals surface area contributed by atoms with Crippen LogP contribution in [-0.4, -0.2) is 58.1 Å². The zero-order chi connectivity index (χ0) is 13.8. The van der Waals surface area contributed by atoms with Crippen LogP contribution in [0.25, 0.3) is 0 Å². The molecule has 0 saturated carbocycles. The first-order valence-corrected chi connectivity index (χ1v) is 6.99. The molecule has 3 amide bonds. The van der Waals surface area contributed by atoms with Crippen LogP contribution in [0, 0.1) is 6.92 Å². The average molecular weight is 283 g/mol. The van der Waals surface area contributed by atoms with Crippen LogP contribution in [0.4, 0.5) is 9.93 Å². The van der Waals surface area contributed by atoms with Gasteiger partial charge in [-0.05, 0) is 13.3 Å². The Morgan fingerprint density at radius 3 is 2.47 bits per heavy atom. The Morgan fingerprint density at radius 2 is 1.84 bits per heavy atom. The lowest BCUT2D eigenvalue weighted by Crippen LogP contribution is -2.38. The number of aryl methyl sites for hydroxylation is 1.